The van der Waals surface area contributed by atoms with Gasteiger partial charge < -0.3 is 4.74 Å². The van der Waals surface area contributed by atoms with Crippen LogP contribution in [0.4, 0.5) is 0 Å². The summed E-state index contributed by atoms with van der Waals surface area (Å²) in [4.78, 5) is 18.0. The molecule has 1 amide bonds. The van der Waals surface area contributed by atoms with Gasteiger partial charge in [0.25, 0.3) is 5.91 Å². The van der Waals surface area contributed by atoms with Crippen LogP contribution in [-0.4, -0.2) is 36.8 Å². The predicted molar refractivity (Wildman–Crippen MR) is 124 cm³/mol. The fraction of sp³-hybridized carbons (Fsp3) is 0.360. The minimum absolute atomic E-state index is 0.0307. The van der Waals surface area contributed by atoms with Crippen LogP contribution in [0.3, 0.4) is 0 Å². The zero-order valence-electron chi connectivity index (χ0n) is 18.0. The molecule has 1 atom stereocenters. The van der Waals surface area contributed by atoms with Gasteiger partial charge in [-0.3, -0.25) is 10.2 Å². The number of aliphatic imine (C=N–C) groups is 1. The molecular weight excluding hydrogens is 410 g/mol. The normalized spacial score (nSPS) is 19.3. The highest BCUT2D eigenvalue weighted by atomic mass is 35.5. The number of carbonyl (C=O) groups is 1. The third-order valence-corrected chi connectivity index (χ3v) is 6.24. The molecule has 1 saturated heterocycles. The zero-order valence-corrected chi connectivity index (χ0v) is 18.8. The molecule has 0 aromatic heterocycles. The second-order valence-electron chi connectivity index (χ2n) is 8.10. The molecule has 0 aliphatic carbocycles. The van der Waals surface area contributed by atoms with Crippen molar-refractivity contribution >= 4 is 23.2 Å². The van der Waals surface area contributed by atoms with Gasteiger partial charge in [0, 0.05) is 29.6 Å². The zero-order chi connectivity index (χ0) is 21.8. The molecule has 2 aliphatic rings. The molecule has 162 valence electrons. The third-order valence-electron chi connectivity index (χ3n) is 6.00. The first-order chi connectivity index (χ1) is 15.1. The number of hydrogen-bond donors (Lipinski definition) is 1. The quantitative estimate of drug-likeness (QED) is 0.706. The lowest BCUT2D eigenvalue weighted by molar-refractivity contribution is -0.122. The van der Waals surface area contributed by atoms with E-state index in [9.17, 15) is 4.79 Å². The summed E-state index contributed by atoms with van der Waals surface area (Å²) in [5, 5.41) is 2.71. The van der Waals surface area contributed by atoms with Crippen molar-refractivity contribution in [3.8, 4) is 5.75 Å². The molecule has 2 aliphatic heterocycles. The van der Waals surface area contributed by atoms with E-state index in [0.717, 1.165) is 54.1 Å². The van der Waals surface area contributed by atoms with Crippen LogP contribution >= 0.6 is 11.6 Å². The summed E-state index contributed by atoms with van der Waals surface area (Å²) >= 11 is 6.22. The molecule has 0 spiro atoms. The number of para-hydroxylation sites is 1. The van der Waals surface area contributed by atoms with Crippen LogP contribution in [0, 0.1) is 5.92 Å². The average molecular weight is 438 g/mol. The van der Waals surface area contributed by atoms with Crippen LogP contribution in [0.5, 0.6) is 5.75 Å². The van der Waals surface area contributed by atoms with Crippen LogP contribution in [0.15, 0.2) is 64.8 Å². The molecule has 1 unspecified atom stereocenters. The van der Waals surface area contributed by atoms with Crippen LogP contribution < -0.4 is 10.2 Å². The summed E-state index contributed by atoms with van der Waals surface area (Å²) in [6, 6.07) is 15.7. The average Bonchev–Trinajstić information content (AvgIpc) is 3.10. The molecule has 0 radical (unpaired) electrons. The number of allylic oxidation sites excluding steroid dienone is 1. The van der Waals surface area contributed by atoms with Gasteiger partial charge in [-0.1, -0.05) is 42.3 Å². The van der Waals surface area contributed by atoms with E-state index in [0.29, 0.717) is 17.1 Å². The van der Waals surface area contributed by atoms with Crippen molar-refractivity contribution in [3.63, 3.8) is 0 Å². The summed E-state index contributed by atoms with van der Waals surface area (Å²) in [6.07, 6.45) is 4.13. The smallest absolute Gasteiger partial charge is 0.284 e. The van der Waals surface area contributed by atoms with E-state index in [1.165, 1.54) is 6.42 Å². The molecule has 6 heteroatoms. The van der Waals surface area contributed by atoms with E-state index < -0.39 is 0 Å². The Balaban J connectivity index is 1.68. The molecule has 31 heavy (non-hydrogen) atoms. The van der Waals surface area contributed by atoms with E-state index >= 15 is 0 Å². The third kappa shape index (κ3) is 4.83. The number of hydrogen-bond acceptors (Lipinski definition) is 4. The molecule has 0 bridgehead atoms. The fourth-order valence-electron chi connectivity index (χ4n) is 4.34. The highest BCUT2D eigenvalue weighted by Gasteiger charge is 2.33. The summed E-state index contributed by atoms with van der Waals surface area (Å²) in [5.41, 5.74) is 7.41. The van der Waals surface area contributed by atoms with Gasteiger partial charge in [-0.2, -0.15) is 0 Å². The van der Waals surface area contributed by atoms with Crippen molar-refractivity contribution in [2.75, 3.05) is 20.2 Å². The van der Waals surface area contributed by atoms with E-state index in [-0.39, 0.29) is 11.8 Å². The van der Waals surface area contributed by atoms with Crippen LogP contribution in [0.25, 0.3) is 0 Å². The Bertz CT molecular complexity index is 1020. The first-order valence-electron chi connectivity index (χ1n) is 10.8. The van der Waals surface area contributed by atoms with E-state index in [4.69, 9.17) is 21.3 Å². The van der Waals surface area contributed by atoms with E-state index in [2.05, 4.69) is 11.5 Å². The molecule has 2 aromatic rings. The summed E-state index contributed by atoms with van der Waals surface area (Å²) in [6.45, 7) is 3.77. The number of nitrogens with one attached hydrogen (secondary N) is 1. The minimum atomic E-state index is -0.139. The lowest BCUT2D eigenvalue weighted by atomic mass is 9.86. The van der Waals surface area contributed by atoms with Crippen molar-refractivity contribution < 1.29 is 9.53 Å². The maximum Gasteiger partial charge on any atom is 0.284 e. The monoisotopic (exact) mass is 437 g/mol. The number of benzene rings is 2. The standard InChI is InChI=1S/C25H28ClN3O2/c1-17-21(16-18-9-8-10-19(26)15-18)24(20-11-4-5-12-22(20)31-2)27-23(17)25(30)28-29-13-6-3-7-14-29/h4-5,8-12,15,21H,3,6-7,13-14,16H2,1-2H3,(H,28,30). The Labute approximate surface area is 188 Å². The molecule has 2 aromatic carbocycles. The van der Waals surface area contributed by atoms with E-state index in [1.54, 1.807) is 7.11 Å². The number of halogens is 1. The highest BCUT2D eigenvalue weighted by Crippen LogP contribution is 2.35. The van der Waals surface area contributed by atoms with Gasteiger partial charge in [-0.15, -0.1) is 0 Å². The predicted octanol–water partition coefficient (Wildman–Crippen LogP) is 4.80. The van der Waals surface area contributed by atoms with Crippen LogP contribution in [0.1, 0.15) is 37.3 Å². The number of carbonyl (C=O) groups excluding carboxylic acids is 1. The van der Waals surface area contributed by atoms with Gasteiger partial charge >= 0.3 is 0 Å². The number of amides is 1. The van der Waals surface area contributed by atoms with Gasteiger partial charge in [0.1, 0.15) is 11.4 Å². The lowest BCUT2D eigenvalue weighted by Gasteiger charge is -2.26. The molecule has 1 N–H and O–H groups in total. The molecule has 4 rings (SSSR count). The van der Waals surface area contributed by atoms with Crippen molar-refractivity contribution in [3.05, 3.63) is 76.0 Å². The Morgan fingerprint density at radius 1 is 1.16 bits per heavy atom. The van der Waals surface area contributed by atoms with Crippen LogP contribution in [0.2, 0.25) is 5.02 Å². The maximum absolute atomic E-state index is 13.1. The molecule has 5 nitrogen and oxygen atoms in total. The number of methoxy groups -OCH3 is 1. The van der Waals surface area contributed by atoms with Crippen molar-refractivity contribution in [1.29, 1.82) is 0 Å². The Kier molecular flexibility index (Phi) is 6.73. The van der Waals surface area contributed by atoms with Gasteiger partial charge in [0.2, 0.25) is 0 Å². The minimum Gasteiger partial charge on any atom is -0.496 e. The Morgan fingerprint density at radius 2 is 1.94 bits per heavy atom. The molecule has 1 fully saturated rings. The van der Waals surface area contributed by atoms with Gasteiger partial charge in [-0.25, -0.2) is 10.0 Å². The fourth-order valence-corrected chi connectivity index (χ4v) is 4.56. The van der Waals surface area contributed by atoms with Gasteiger partial charge in [0.05, 0.1) is 12.8 Å². The molecular formula is C25H28ClN3O2. The van der Waals surface area contributed by atoms with Crippen molar-refractivity contribution in [2.24, 2.45) is 10.9 Å². The largest absolute Gasteiger partial charge is 0.496 e. The van der Waals surface area contributed by atoms with Gasteiger partial charge in [0.15, 0.2) is 0 Å². The number of piperidine rings is 1. The summed E-state index contributed by atoms with van der Waals surface area (Å²) in [7, 11) is 1.66. The number of hydrazine groups is 1. The molecule has 2 heterocycles. The second kappa shape index (κ2) is 9.67. The number of rotatable bonds is 6. The summed E-state index contributed by atoms with van der Waals surface area (Å²) in [5.74, 6) is 0.583. The second-order valence-corrected chi connectivity index (χ2v) is 8.54. The molecule has 0 saturated carbocycles. The maximum atomic E-state index is 13.1. The first kappa shape index (κ1) is 21.6. The van der Waals surface area contributed by atoms with Crippen LogP contribution in [-0.2, 0) is 11.2 Å². The number of ether oxygens (including phenoxy) is 1. The van der Waals surface area contributed by atoms with Crippen molar-refractivity contribution in [2.45, 2.75) is 32.6 Å². The van der Waals surface area contributed by atoms with Gasteiger partial charge in [-0.05, 0) is 61.6 Å². The van der Waals surface area contributed by atoms with E-state index in [1.807, 2.05) is 54.4 Å². The number of nitrogens with zero attached hydrogens (tertiary/aromatic N) is 2. The SMILES string of the molecule is COc1ccccc1C1=NC(C(=O)NN2CCCCC2)=C(C)C1Cc1cccc(Cl)c1. The summed E-state index contributed by atoms with van der Waals surface area (Å²) < 4.78 is 5.60. The Hall–Kier alpha value is -2.63. The topological polar surface area (TPSA) is 53.9 Å². The lowest BCUT2D eigenvalue weighted by Crippen LogP contribution is -2.45. The Morgan fingerprint density at radius 3 is 2.68 bits per heavy atom. The first-order valence-corrected chi connectivity index (χ1v) is 11.2. The van der Waals surface area contributed by atoms with Crippen molar-refractivity contribution in [1.82, 2.24) is 10.4 Å². The highest BCUT2D eigenvalue weighted by molar-refractivity contribution is 6.30.